The molecule has 0 unspecified atom stereocenters. The van der Waals surface area contributed by atoms with Crippen molar-refractivity contribution in [3.8, 4) is 0 Å². The van der Waals surface area contributed by atoms with Crippen molar-refractivity contribution in [2.45, 2.75) is 0 Å². The zero-order valence-electron chi connectivity index (χ0n) is 5.80. The van der Waals surface area contributed by atoms with Gasteiger partial charge in [0.05, 0.1) is 5.30 Å². The van der Waals surface area contributed by atoms with Gasteiger partial charge in [-0.3, -0.25) is 4.57 Å². The first-order valence-corrected chi connectivity index (χ1v) is 4.33. The minimum absolute atomic E-state index is 0. The molecular formula is C6H7Ir2O3P. The third-order valence-electron chi connectivity index (χ3n) is 1.09. The van der Waals surface area contributed by atoms with Gasteiger partial charge in [-0.15, -0.1) is 0 Å². The van der Waals surface area contributed by atoms with Gasteiger partial charge in [0, 0.05) is 40.2 Å². The largest absolute Gasteiger partial charge is 0.356 e. The summed E-state index contributed by atoms with van der Waals surface area (Å²) >= 11 is 0. The van der Waals surface area contributed by atoms with Crippen LogP contribution in [-0.4, -0.2) is 9.79 Å². The van der Waals surface area contributed by atoms with Crippen molar-refractivity contribution in [3.63, 3.8) is 0 Å². The summed E-state index contributed by atoms with van der Waals surface area (Å²) in [7, 11) is -4.02. The summed E-state index contributed by atoms with van der Waals surface area (Å²) in [6.45, 7) is 0. The van der Waals surface area contributed by atoms with Gasteiger partial charge in [-0.05, 0) is 12.1 Å². The zero-order chi connectivity index (χ0) is 7.61. The van der Waals surface area contributed by atoms with E-state index in [1.807, 2.05) is 0 Å². The summed E-state index contributed by atoms with van der Waals surface area (Å²) in [4.78, 5) is 17.2. The van der Waals surface area contributed by atoms with Gasteiger partial charge in [0.1, 0.15) is 0 Å². The van der Waals surface area contributed by atoms with Crippen LogP contribution in [0.15, 0.2) is 30.3 Å². The van der Waals surface area contributed by atoms with Crippen molar-refractivity contribution in [2.75, 3.05) is 0 Å². The van der Waals surface area contributed by atoms with Crippen molar-refractivity contribution in [1.29, 1.82) is 0 Å². The molecule has 0 amide bonds. The van der Waals surface area contributed by atoms with E-state index >= 15 is 0 Å². The summed E-state index contributed by atoms with van der Waals surface area (Å²) in [6.07, 6.45) is 0. The van der Waals surface area contributed by atoms with E-state index in [1.165, 1.54) is 12.1 Å². The van der Waals surface area contributed by atoms with Gasteiger partial charge in [-0.2, -0.15) is 0 Å². The first-order chi connectivity index (χ1) is 4.61. The smallest absolute Gasteiger partial charge is 0.321 e. The minimum atomic E-state index is -4.02. The Morgan fingerprint density at radius 2 is 1.42 bits per heavy atom. The Kier molecular flexibility index (Phi) is 7.80. The second-order valence-corrected chi connectivity index (χ2v) is 3.48. The summed E-state index contributed by atoms with van der Waals surface area (Å²) < 4.78 is 10.5. The molecule has 0 saturated heterocycles. The normalized spacial score (nSPS) is 9.50. The number of hydrogen-bond donors (Lipinski definition) is 2. The van der Waals surface area contributed by atoms with E-state index in [0.29, 0.717) is 0 Å². The molecule has 0 spiro atoms. The molecular weight excluding hydrogens is 535 g/mol. The monoisotopic (exact) mass is 544 g/mol. The van der Waals surface area contributed by atoms with E-state index in [9.17, 15) is 4.57 Å². The average molecular weight is 543 g/mol. The fourth-order valence-electron chi connectivity index (χ4n) is 0.622. The third kappa shape index (κ3) is 4.64. The molecule has 72 valence electrons. The molecule has 0 heterocycles. The predicted octanol–water partition coefficient (Wildman–Crippen LogP) is 0.485. The zero-order valence-corrected chi connectivity index (χ0v) is 11.5. The Morgan fingerprint density at radius 1 is 1.00 bits per heavy atom. The molecule has 0 bridgehead atoms. The van der Waals surface area contributed by atoms with Gasteiger partial charge in [-0.1, -0.05) is 18.2 Å². The predicted molar refractivity (Wildman–Crippen MR) is 38.1 cm³/mol. The topological polar surface area (TPSA) is 57.5 Å². The summed E-state index contributed by atoms with van der Waals surface area (Å²) in [6, 6.07) is 7.70. The molecule has 1 aromatic carbocycles. The molecule has 0 aliphatic heterocycles. The Bertz CT molecular complexity index is 259. The number of rotatable bonds is 1. The molecule has 3 nitrogen and oxygen atoms in total. The van der Waals surface area contributed by atoms with Crippen molar-refractivity contribution in [2.24, 2.45) is 0 Å². The van der Waals surface area contributed by atoms with Crippen LogP contribution in [-0.2, 0) is 44.8 Å². The second kappa shape index (κ2) is 6.17. The molecule has 2 radical (unpaired) electrons. The summed E-state index contributed by atoms with van der Waals surface area (Å²) in [5.74, 6) is 0. The van der Waals surface area contributed by atoms with Crippen molar-refractivity contribution in [1.82, 2.24) is 0 Å². The Morgan fingerprint density at radius 3 is 1.67 bits per heavy atom. The average Bonchev–Trinajstić information content (AvgIpc) is 1.88. The van der Waals surface area contributed by atoms with Crippen LogP contribution in [0.25, 0.3) is 0 Å². The molecule has 1 rings (SSSR count). The van der Waals surface area contributed by atoms with Gasteiger partial charge in [0.2, 0.25) is 0 Å². The van der Waals surface area contributed by atoms with Gasteiger partial charge >= 0.3 is 7.60 Å². The third-order valence-corrected chi connectivity index (χ3v) is 2.06. The maximum absolute atomic E-state index is 10.5. The molecule has 12 heavy (non-hydrogen) atoms. The SMILES string of the molecule is O=P(O)(O)c1ccccc1.[Ir].[Ir]. The van der Waals surface area contributed by atoms with E-state index in [0.717, 1.165) is 0 Å². The molecule has 6 heteroatoms. The fraction of sp³-hybridized carbons (Fsp3) is 0. The first kappa shape index (κ1) is 15.2. The fourth-order valence-corrected chi connectivity index (χ4v) is 1.18. The molecule has 1 aromatic rings. The second-order valence-electron chi connectivity index (χ2n) is 1.88. The van der Waals surface area contributed by atoms with Gasteiger partial charge in [0.25, 0.3) is 0 Å². The van der Waals surface area contributed by atoms with E-state index < -0.39 is 7.60 Å². The Labute approximate surface area is 97.4 Å². The molecule has 0 saturated carbocycles. The van der Waals surface area contributed by atoms with Crippen LogP contribution >= 0.6 is 7.60 Å². The Hall–Kier alpha value is 0.669. The van der Waals surface area contributed by atoms with Crippen LogP contribution in [0.3, 0.4) is 0 Å². The molecule has 2 N–H and O–H groups in total. The van der Waals surface area contributed by atoms with Crippen molar-refractivity contribution < 1.29 is 54.6 Å². The van der Waals surface area contributed by atoms with Gasteiger partial charge in [-0.25, -0.2) is 0 Å². The van der Waals surface area contributed by atoms with Crippen molar-refractivity contribution in [3.05, 3.63) is 30.3 Å². The van der Waals surface area contributed by atoms with E-state index in [-0.39, 0.29) is 45.5 Å². The van der Waals surface area contributed by atoms with E-state index in [1.54, 1.807) is 18.2 Å². The standard InChI is InChI=1S/C6H7O3P.2Ir/c7-10(8,9)6-4-2-1-3-5-6;;/h1-5H,(H2,7,8,9);;. The molecule has 0 atom stereocenters. The molecule has 0 aliphatic carbocycles. The van der Waals surface area contributed by atoms with Gasteiger partial charge in [0.15, 0.2) is 0 Å². The number of benzene rings is 1. The summed E-state index contributed by atoms with van der Waals surface area (Å²) in [5, 5.41) is 0.0648. The maximum atomic E-state index is 10.5. The summed E-state index contributed by atoms with van der Waals surface area (Å²) in [5.41, 5.74) is 0. The molecule has 0 aromatic heterocycles. The molecule has 0 aliphatic rings. The number of hydrogen-bond acceptors (Lipinski definition) is 1. The Balaban J connectivity index is 0. The first-order valence-electron chi connectivity index (χ1n) is 2.72. The van der Waals surface area contributed by atoms with E-state index in [2.05, 4.69) is 0 Å². The van der Waals surface area contributed by atoms with Crippen LogP contribution in [0.1, 0.15) is 0 Å². The quantitative estimate of drug-likeness (QED) is 0.508. The molecule has 0 fully saturated rings. The van der Waals surface area contributed by atoms with Crippen LogP contribution in [0.4, 0.5) is 0 Å². The van der Waals surface area contributed by atoms with Gasteiger partial charge < -0.3 is 9.79 Å². The van der Waals surface area contributed by atoms with Crippen molar-refractivity contribution >= 4 is 12.9 Å². The van der Waals surface area contributed by atoms with E-state index in [4.69, 9.17) is 9.79 Å². The van der Waals surface area contributed by atoms with Crippen LogP contribution in [0.2, 0.25) is 0 Å². The maximum Gasteiger partial charge on any atom is 0.356 e. The minimum Gasteiger partial charge on any atom is -0.321 e. The van der Waals surface area contributed by atoms with Crippen LogP contribution < -0.4 is 5.30 Å². The van der Waals surface area contributed by atoms with Crippen LogP contribution in [0, 0.1) is 0 Å². The van der Waals surface area contributed by atoms with Crippen LogP contribution in [0.5, 0.6) is 0 Å².